The van der Waals surface area contributed by atoms with Crippen LogP contribution in [-0.4, -0.2) is 40.1 Å². The Labute approximate surface area is 169 Å². The number of piperidine rings is 1. The highest BCUT2D eigenvalue weighted by atomic mass is 19.4. The quantitative estimate of drug-likeness (QED) is 0.474. The Morgan fingerprint density at radius 3 is 2.57 bits per heavy atom. The molecule has 1 aliphatic rings. The Balaban J connectivity index is 1.60. The van der Waals surface area contributed by atoms with Gasteiger partial charge in [-0.15, -0.1) is 0 Å². The number of halogens is 3. The molecule has 9 heteroatoms. The molecule has 2 aromatic heterocycles. The number of alkyl halides is 3. The topological polar surface area (TPSA) is 79.9 Å². The highest BCUT2D eigenvalue weighted by Crippen LogP contribution is 2.38. The number of fused-ring (bicyclic) bond motifs is 4. The number of nitrogens with one attached hydrogen (secondary N) is 1. The summed E-state index contributed by atoms with van der Waals surface area (Å²) >= 11 is 0. The number of aryl methyl sites for hydroxylation is 1. The summed E-state index contributed by atoms with van der Waals surface area (Å²) in [6, 6.07) is 7.13. The Hall–Kier alpha value is -3.23. The van der Waals surface area contributed by atoms with Crippen LogP contribution in [0.4, 0.5) is 23.7 Å². The largest absolute Gasteiger partial charge is 0.391 e. The van der Waals surface area contributed by atoms with Gasteiger partial charge in [-0.05, 0) is 49.6 Å². The van der Waals surface area contributed by atoms with Crippen LogP contribution in [0.25, 0.3) is 32.7 Å². The second-order valence-electron chi connectivity index (χ2n) is 7.95. The predicted molar refractivity (Wildman–Crippen MR) is 110 cm³/mol. The molecule has 5 rings (SSSR count). The summed E-state index contributed by atoms with van der Waals surface area (Å²) in [5, 5.41) is 5.44. The Kier molecular flexibility index (Phi) is 4.00. The number of rotatable bonds is 1. The molecule has 4 aromatic rings. The molecule has 1 saturated heterocycles. The number of carbonyl (C=O) groups is 1. The second kappa shape index (κ2) is 6.38. The van der Waals surface area contributed by atoms with Crippen LogP contribution in [0.2, 0.25) is 0 Å². The molecular formula is C21H20F3N5O. The maximum Gasteiger partial charge on any atom is 0.391 e. The third-order valence-corrected chi connectivity index (χ3v) is 6.09. The fourth-order valence-electron chi connectivity index (χ4n) is 4.48. The van der Waals surface area contributed by atoms with Gasteiger partial charge >= 0.3 is 12.2 Å². The number of H-pyrrole nitrogens is 1. The van der Waals surface area contributed by atoms with Gasteiger partial charge in [0.05, 0.1) is 22.5 Å². The standard InChI is InChI=1S/C21H20F3N5O/c1-11-6-14(28-4-2-13(3-5-28)21(22,23)24)8-16-15-9-18-12(7-17(15)27-19(11)16)10-26-29(18)20(25)30/h6-10,13,26H,2-5H2,1H3,(H2,25,30). The number of hydrogen-bond acceptors (Lipinski definition) is 3. The number of nitrogens with two attached hydrogens (primary N) is 1. The lowest BCUT2D eigenvalue weighted by atomic mass is 9.95. The number of aromatic nitrogens is 3. The molecular weight excluding hydrogens is 395 g/mol. The minimum atomic E-state index is -4.13. The van der Waals surface area contributed by atoms with Crippen LogP contribution in [-0.2, 0) is 0 Å². The molecule has 1 fully saturated rings. The van der Waals surface area contributed by atoms with E-state index in [-0.39, 0.29) is 12.8 Å². The molecule has 0 saturated carbocycles. The van der Waals surface area contributed by atoms with E-state index in [1.807, 2.05) is 36.1 Å². The lowest BCUT2D eigenvalue weighted by molar-refractivity contribution is -0.179. The molecule has 0 unspecified atom stereocenters. The van der Waals surface area contributed by atoms with Crippen LogP contribution in [0.15, 0.2) is 30.5 Å². The molecule has 0 bridgehead atoms. The molecule has 0 radical (unpaired) electrons. The number of amides is 1. The van der Waals surface area contributed by atoms with Gasteiger partial charge in [-0.1, -0.05) is 0 Å². The first-order chi connectivity index (χ1) is 14.2. The van der Waals surface area contributed by atoms with Crippen molar-refractivity contribution in [3.63, 3.8) is 0 Å². The van der Waals surface area contributed by atoms with Crippen molar-refractivity contribution in [3.05, 3.63) is 36.0 Å². The van der Waals surface area contributed by atoms with Crippen LogP contribution in [0.3, 0.4) is 0 Å². The highest BCUT2D eigenvalue weighted by Gasteiger charge is 2.41. The Morgan fingerprint density at radius 1 is 1.17 bits per heavy atom. The molecule has 1 aliphatic heterocycles. The lowest BCUT2D eigenvalue weighted by Gasteiger charge is -2.34. The summed E-state index contributed by atoms with van der Waals surface area (Å²) < 4.78 is 40.3. The van der Waals surface area contributed by atoms with Gasteiger partial charge in [0, 0.05) is 41.1 Å². The van der Waals surface area contributed by atoms with E-state index in [1.54, 1.807) is 6.20 Å². The number of aromatic amines is 1. The summed E-state index contributed by atoms with van der Waals surface area (Å²) in [4.78, 5) is 18.4. The normalized spacial score (nSPS) is 16.2. The van der Waals surface area contributed by atoms with Crippen LogP contribution in [0.5, 0.6) is 0 Å². The van der Waals surface area contributed by atoms with Crippen molar-refractivity contribution in [2.45, 2.75) is 25.9 Å². The van der Waals surface area contributed by atoms with Crippen LogP contribution >= 0.6 is 0 Å². The zero-order valence-corrected chi connectivity index (χ0v) is 16.3. The number of carbonyl (C=O) groups excluding carboxylic acids is 1. The van der Waals surface area contributed by atoms with Gasteiger partial charge in [0.2, 0.25) is 0 Å². The summed E-state index contributed by atoms with van der Waals surface area (Å²) in [7, 11) is 0. The van der Waals surface area contributed by atoms with Gasteiger partial charge in [0.15, 0.2) is 0 Å². The fraction of sp³-hybridized carbons (Fsp3) is 0.333. The van der Waals surface area contributed by atoms with E-state index in [4.69, 9.17) is 10.7 Å². The van der Waals surface area contributed by atoms with Crippen molar-refractivity contribution < 1.29 is 18.0 Å². The minimum absolute atomic E-state index is 0.100. The van der Waals surface area contributed by atoms with Gasteiger partial charge in [-0.25, -0.2) is 14.5 Å². The van der Waals surface area contributed by atoms with Crippen LogP contribution in [0, 0.1) is 12.8 Å². The van der Waals surface area contributed by atoms with E-state index < -0.39 is 18.1 Å². The number of primary amides is 1. The van der Waals surface area contributed by atoms with Gasteiger partial charge in [0.25, 0.3) is 0 Å². The van der Waals surface area contributed by atoms with Gasteiger partial charge in [-0.2, -0.15) is 13.2 Å². The molecule has 3 heterocycles. The van der Waals surface area contributed by atoms with Crippen molar-refractivity contribution in [2.24, 2.45) is 11.7 Å². The average Bonchev–Trinajstić information content (AvgIpc) is 3.27. The zero-order chi connectivity index (χ0) is 21.2. The fourth-order valence-corrected chi connectivity index (χ4v) is 4.48. The highest BCUT2D eigenvalue weighted by molar-refractivity contribution is 6.13. The maximum atomic E-state index is 13.0. The molecule has 1 amide bonds. The number of nitrogens with zero attached hydrogens (tertiary/aromatic N) is 3. The minimum Gasteiger partial charge on any atom is -0.371 e. The van der Waals surface area contributed by atoms with Gasteiger partial charge in [0.1, 0.15) is 0 Å². The molecule has 156 valence electrons. The van der Waals surface area contributed by atoms with E-state index in [2.05, 4.69) is 5.10 Å². The summed E-state index contributed by atoms with van der Waals surface area (Å²) in [6.45, 7) is 2.69. The number of hydrogen-bond donors (Lipinski definition) is 2. The van der Waals surface area contributed by atoms with E-state index in [9.17, 15) is 18.0 Å². The third-order valence-electron chi connectivity index (χ3n) is 6.09. The van der Waals surface area contributed by atoms with Crippen LogP contribution < -0.4 is 10.6 Å². The number of anilines is 1. The Bertz CT molecular complexity index is 1300. The number of benzene rings is 2. The molecule has 0 atom stereocenters. The molecule has 0 spiro atoms. The second-order valence-corrected chi connectivity index (χ2v) is 7.95. The smallest absolute Gasteiger partial charge is 0.371 e. The molecule has 30 heavy (non-hydrogen) atoms. The van der Waals surface area contributed by atoms with Gasteiger partial charge in [-0.3, -0.25) is 5.10 Å². The molecule has 0 aliphatic carbocycles. The molecule has 3 N–H and O–H groups in total. The van der Waals surface area contributed by atoms with Crippen molar-refractivity contribution in [1.29, 1.82) is 0 Å². The first kappa shape index (κ1) is 18.8. The third kappa shape index (κ3) is 2.88. The average molecular weight is 415 g/mol. The van der Waals surface area contributed by atoms with Crippen LogP contribution in [0.1, 0.15) is 18.4 Å². The summed E-state index contributed by atoms with van der Waals surface area (Å²) in [6.07, 6.45) is -2.23. The van der Waals surface area contributed by atoms with E-state index in [1.165, 1.54) is 4.68 Å². The van der Waals surface area contributed by atoms with Gasteiger partial charge < -0.3 is 10.6 Å². The first-order valence-electron chi connectivity index (χ1n) is 9.78. The van der Waals surface area contributed by atoms with Crippen molar-refractivity contribution in [2.75, 3.05) is 18.0 Å². The van der Waals surface area contributed by atoms with Crippen molar-refractivity contribution >= 4 is 44.4 Å². The van der Waals surface area contributed by atoms with E-state index >= 15 is 0 Å². The predicted octanol–water partition coefficient (Wildman–Crippen LogP) is 4.68. The molecule has 6 nitrogen and oxygen atoms in total. The van der Waals surface area contributed by atoms with Crippen molar-refractivity contribution in [1.82, 2.24) is 14.8 Å². The summed E-state index contributed by atoms with van der Waals surface area (Å²) in [5.74, 6) is -1.23. The zero-order valence-electron chi connectivity index (χ0n) is 16.3. The first-order valence-corrected chi connectivity index (χ1v) is 9.78. The maximum absolute atomic E-state index is 13.0. The van der Waals surface area contributed by atoms with E-state index in [0.29, 0.717) is 18.6 Å². The SMILES string of the molecule is Cc1cc(N2CCC(C(F)(F)F)CC2)cc2c1nc1cc3c[nH]n(C(N)=O)c3cc12. The van der Waals surface area contributed by atoms with E-state index in [0.717, 1.165) is 38.4 Å². The van der Waals surface area contributed by atoms with Crippen molar-refractivity contribution in [3.8, 4) is 0 Å². The molecule has 2 aromatic carbocycles. The Morgan fingerprint density at radius 2 is 1.90 bits per heavy atom. The lowest BCUT2D eigenvalue weighted by Crippen LogP contribution is -2.39. The monoisotopic (exact) mass is 415 g/mol. The summed E-state index contributed by atoms with van der Waals surface area (Å²) in [5.41, 5.74) is 9.59.